The number of hydrogen-bond acceptors (Lipinski definition) is 6. The Balaban J connectivity index is 2.25. The van der Waals surface area contributed by atoms with Crippen molar-refractivity contribution in [2.45, 2.75) is 41.5 Å². The zero-order valence-electron chi connectivity index (χ0n) is 17.5. The van der Waals surface area contributed by atoms with Crippen LogP contribution < -0.4 is 10.8 Å². The number of Topliss-reactive ketones (excluding diaryl/α,β-unsaturated/α-hetero) is 1. The predicted molar refractivity (Wildman–Crippen MR) is 113 cm³/mol. The van der Waals surface area contributed by atoms with E-state index in [-0.39, 0.29) is 17.6 Å². The molecule has 0 spiro atoms. The SMILES string of the molecule is CC(C)=C/C=C(\C)Nc1sc(C(=O)C(C)C)c(C)c1C(=O)NOCC1COC1. The van der Waals surface area contributed by atoms with E-state index in [4.69, 9.17) is 9.57 Å². The van der Waals surface area contributed by atoms with E-state index in [2.05, 4.69) is 10.8 Å². The van der Waals surface area contributed by atoms with Gasteiger partial charge in [0.2, 0.25) is 0 Å². The highest BCUT2D eigenvalue weighted by Gasteiger charge is 2.26. The molecule has 2 N–H and O–H groups in total. The third-order valence-corrected chi connectivity index (χ3v) is 5.51. The summed E-state index contributed by atoms with van der Waals surface area (Å²) >= 11 is 1.31. The Bertz CT molecular complexity index is 785. The van der Waals surface area contributed by atoms with E-state index in [1.165, 1.54) is 16.9 Å². The lowest BCUT2D eigenvalue weighted by Crippen LogP contribution is -2.35. The number of carbonyl (C=O) groups excluding carboxylic acids is 2. The van der Waals surface area contributed by atoms with E-state index < -0.39 is 0 Å². The monoisotopic (exact) mass is 406 g/mol. The second kappa shape index (κ2) is 10.0. The Morgan fingerprint density at radius 1 is 1.25 bits per heavy atom. The fraction of sp³-hybridized carbons (Fsp3) is 0.524. The van der Waals surface area contributed by atoms with Crippen LogP contribution in [0, 0.1) is 18.8 Å². The third kappa shape index (κ3) is 5.77. The molecule has 0 aromatic carbocycles. The number of anilines is 1. The smallest absolute Gasteiger partial charge is 0.278 e. The highest BCUT2D eigenvalue weighted by molar-refractivity contribution is 7.18. The maximum absolute atomic E-state index is 12.8. The number of carbonyl (C=O) groups is 2. The van der Waals surface area contributed by atoms with E-state index in [0.29, 0.717) is 46.7 Å². The quantitative estimate of drug-likeness (QED) is 0.359. The molecule has 0 bridgehead atoms. The number of allylic oxidation sites excluding steroid dienone is 4. The van der Waals surface area contributed by atoms with Crippen molar-refractivity contribution < 1.29 is 19.2 Å². The second-order valence-corrected chi connectivity index (χ2v) is 8.66. The Morgan fingerprint density at radius 2 is 1.93 bits per heavy atom. The molecule has 154 valence electrons. The molecular formula is C21H30N2O4S. The molecule has 28 heavy (non-hydrogen) atoms. The molecule has 0 aliphatic carbocycles. The van der Waals surface area contributed by atoms with Crippen molar-refractivity contribution in [2.75, 3.05) is 25.1 Å². The molecule has 1 aliphatic rings. The van der Waals surface area contributed by atoms with Crippen molar-refractivity contribution in [3.8, 4) is 0 Å². The van der Waals surface area contributed by atoms with Gasteiger partial charge in [0, 0.05) is 17.5 Å². The van der Waals surface area contributed by atoms with Gasteiger partial charge in [0.1, 0.15) is 5.00 Å². The van der Waals surface area contributed by atoms with Crippen LogP contribution in [0.4, 0.5) is 5.00 Å². The first-order chi connectivity index (χ1) is 13.2. The van der Waals surface area contributed by atoms with E-state index in [9.17, 15) is 9.59 Å². The normalized spacial score (nSPS) is 14.6. The molecule has 0 atom stereocenters. The summed E-state index contributed by atoms with van der Waals surface area (Å²) in [4.78, 5) is 31.3. The molecule has 1 amide bonds. The zero-order chi connectivity index (χ0) is 20.8. The first-order valence-corrected chi connectivity index (χ1v) is 10.3. The summed E-state index contributed by atoms with van der Waals surface area (Å²) in [7, 11) is 0. The molecule has 1 saturated heterocycles. The van der Waals surface area contributed by atoms with Crippen LogP contribution >= 0.6 is 11.3 Å². The predicted octanol–water partition coefficient (Wildman–Crippen LogP) is 4.48. The molecule has 1 aromatic rings. The zero-order valence-corrected chi connectivity index (χ0v) is 18.3. The van der Waals surface area contributed by atoms with Gasteiger partial charge in [-0.3, -0.25) is 14.4 Å². The standard InChI is InChI=1S/C21H30N2O4S/c1-12(2)7-8-14(5)22-21-17(15(6)19(28-21)18(24)13(3)4)20(25)23-27-11-16-9-26-10-16/h7-8,13,16,22H,9-11H2,1-6H3,(H,23,25)/b14-8+. The lowest BCUT2D eigenvalue weighted by molar-refractivity contribution is -0.0864. The maximum Gasteiger partial charge on any atom is 0.278 e. The number of hydroxylamine groups is 1. The van der Waals surface area contributed by atoms with Gasteiger partial charge in [-0.2, -0.15) is 0 Å². The van der Waals surface area contributed by atoms with Gasteiger partial charge in [-0.1, -0.05) is 25.5 Å². The summed E-state index contributed by atoms with van der Waals surface area (Å²) in [5.74, 6) is -0.149. The summed E-state index contributed by atoms with van der Waals surface area (Å²) in [6.07, 6.45) is 3.94. The van der Waals surface area contributed by atoms with Crippen molar-refractivity contribution >= 4 is 28.0 Å². The van der Waals surface area contributed by atoms with E-state index in [1.807, 2.05) is 46.8 Å². The lowest BCUT2D eigenvalue weighted by Gasteiger charge is -2.25. The van der Waals surface area contributed by atoms with Crippen LogP contribution in [0.3, 0.4) is 0 Å². The Morgan fingerprint density at radius 3 is 2.46 bits per heavy atom. The second-order valence-electron chi connectivity index (χ2n) is 7.64. The van der Waals surface area contributed by atoms with Gasteiger partial charge < -0.3 is 10.1 Å². The van der Waals surface area contributed by atoms with Crippen molar-refractivity contribution in [3.63, 3.8) is 0 Å². The van der Waals surface area contributed by atoms with Crippen molar-refractivity contribution in [1.29, 1.82) is 0 Å². The number of nitrogens with one attached hydrogen (secondary N) is 2. The molecule has 1 fully saturated rings. The largest absolute Gasteiger partial charge is 0.381 e. The van der Waals surface area contributed by atoms with Gasteiger partial charge in [-0.15, -0.1) is 11.3 Å². The molecule has 6 nitrogen and oxygen atoms in total. The van der Waals surface area contributed by atoms with E-state index >= 15 is 0 Å². The number of ether oxygens (including phenoxy) is 1. The average molecular weight is 407 g/mol. The molecule has 7 heteroatoms. The molecule has 0 saturated carbocycles. The van der Waals surface area contributed by atoms with Crippen LogP contribution in [-0.2, 0) is 9.57 Å². The van der Waals surface area contributed by atoms with Crippen LogP contribution in [-0.4, -0.2) is 31.5 Å². The van der Waals surface area contributed by atoms with Gasteiger partial charge in [0.05, 0.1) is 30.3 Å². The van der Waals surface area contributed by atoms with Crippen LogP contribution in [0.2, 0.25) is 0 Å². The van der Waals surface area contributed by atoms with Gasteiger partial charge in [-0.05, 0) is 39.3 Å². The summed E-state index contributed by atoms with van der Waals surface area (Å²) in [6, 6.07) is 0. The summed E-state index contributed by atoms with van der Waals surface area (Å²) < 4.78 is 5.10. The van der Waals surface area contributed by atoms with Crippen LogP contribution in [0.5, 0.6) is 0 Å². The van der Waals surface area contributed by atoms with Crippen molar-refractivity contribution in [1.82, 2.24) is 5.48 Å². The van der Waals surface area contributed by atoms with Crippen molar-refractivity contribution in [2.24, 2.45) is 11.8 Å². The van der Waals surface area contributed by atoms with Crippen LogP contribution in [0.25, 0.3) is 0 Å². The fourth-order valence-electron chi connectivity index (χ4n) is 2.54. The van der Waals surface area contributed by atoms with Gasteiger partial charge >= 0.3 is 0 Å². The minimum absolute atomic E-state index is 0.0306. The maximum atomic E-state index is 12.8. The molecule has 0 unspecified atom stereocenters. The Labute approximate surface area is 170 Å². The molecule has 2 rings (SSSR count). The lowest BCUT2D eigenvalue weighted by atomic mass is 10.0. The van der Waals surface area contributed by atoms with Crippen LogP contribution in [0.1, 0.15) is 60.2 Å². The third-order valence-electron chi connectivity index (χ3n) is 4.29. The molecule has 1 aliphatic heterocycles. The number of rotatable bonds is 9. The van der Waals surface area contributed by atoms with E-state index in [0.717, 1.165) is 5.70 Å². The van der Waals surface area contributed by atoms with Crippen molar-refractivity contribution in [3.05, 3.63) is 39.4 Å². The topological polar surface area (TPSA) is 76.7 Å². The van der Waals surface area contributed by atoms with Gasteiger partial charge in [0.25, 0.3) is 5.91 Å². The fourth-order valence-corrected chi connectivity index (χ4v) is 3.90. The highest BCUT2D eigenvalue weighted by atomic mass is 32.1. The summed E-state index contributed by atoms with van der Waals surface area (Å²) in [5.41, 5.74) is 5.69. The first kappa shape index (κ1) is 22.3. The van der Waals surface area contributed by atoms with Crippen LogP contribution in [0.15, 0.2) is 23.4 Å². The molecular weight excluding hydrogens is 376 g/mol. The number of amides is 1. The Hall–Kier alpha value is -1.96. The van der Waals surface area contributed by atoms with E-state index in [1.54, 1.807) is 6.92 Å². The number of ketones is 1. The highest BCUT2D eigenvalue weighted by Crippen LogP contribution is 2.35. The van der Waals surface area contributed by atoms with Gasteiger partial charge in [-0.25, -0.2) is 5.48 Å². The molecule has 0 radical (unpaired) electrons. The molecule has 2 heterocycles. The molecule has 1 aromatic heterocycles. The minimum atomic E-state index is -0.352. The summed E-state index contributed by atoms with van der Waals surface area (Å²) in [5, 5.41) is 3.91. The number of hydrogen-bond donors (Lipinski definition) is 2. The number of thiophene rings is 1. The Kier molecular flexibility index (Phi) is 7.98. The first-order valence-electron chi connectivity index (χ1n) is 9.47. The minimum Gasteiger partial charge on any atom is -0.381 e. The average Bonchev–Trinajstić information content (AvgIpc) is 2.90. The van der Waals surface area contributed by atoms with Gasteiger partial charge in [0.15, 0.2) is 5.78 Å². The summed E-state index contributed by atoms with van der Waals surface area (Å²) in [6.45, 7) is 13.2.